The summed E-state index contributed by atoms with van der Waals surface area (Å²) >= 11 is 0. The Morgan fingerprint density at radius 2 is 1.18 bits per heavy atom. The lowest BCUT2D eigenvalue weighted by Crippen LogP contribution is -2.39. The summed E-state index contributed by atoms with van der Waals surface area (Å²) in [4.78, 5) is 18.1. The highest BCUT2D eigenvalue weighted by atomic mass is 16.2. The highest BCUT2D eigenvalue weighted by Crippen LogP contribution is 2.47. The van der Waals surface area contributed by atoms with Crippen LogP contribution in [0, 0.1) is 11.8 Å². The Bertz CT molecular complexity index is 735. The molecule has 2 aliphatic carbocycles. The van der Waals surface area contributed by atoms with Gasteiger partial charge in [-0.1, -0.05) is 60.7 Å². The minimum Gasteiger partial charge on any atom is -0.342 e. The molecule has 4 rings (SSSR count). The quantitative estimate of drug-likeness (QED) is 0.772. The van der Waals surface area contributed by atoms with Crippen molar-refractivity contribution >= 4 is 5.91 Å². The summed E-state index contributed by atoms with van der Waals surface area (Å²) in [6.07, 6.45) is 4.90. The monoisotopic (exact) mass is 376 g/mol. The molecule has 0 N–H and O–H groups in total. The van der Waals surface area contributed by atoms with Gasteiger partial charge in [0.1, 0.15) is 0 Å². The van der Waals surface area contributed by atoms with Crippen molar-refractivity contribution in [1.82, 2.24) is 9.80 Å². The fraction of sp³-hybridized carbons (Fsp3) is 0.480. The number of carbonyl (C=O) groups is 1. The molecule has 4 atom stereocenters. The van der Waals surface area contributed by atoms with E-state index in [-0.39, 0.29) is 11.8 Å². The van der Waals surface area contributed by atoms with Crippen molar-refractivity contribution in [3.8, 4) is 0 Å². The summed E-state index contributed by atoms with van der Waals surface area (Å²) in [5.74, 6) is 1.56. The third-order valence-corrected chi connectivity index (χ3v) is 7.10. The van der Waals surface area contributed by atoms with Crippen LogP contribution in [0.4, 0.5) is 0 Å². The van der Waals surface area contributed by atoms with E-state index in [1.165, 1.54) is 12.8 Å². The standard InChI is InChI=1S/C25H32N2O/c1-26(2)22-14-20-16-23(17-21(20)15-22)27(3)25(28)24(18-10-6-4-7-11-18)19-12-8-5-9-13-19/h4-13,20-24H,14-17H2,1-3H3/t20-,21+,22?,23?. The number of rotatable bonds is 5. The number of likely N-dealkylation sites (N-methyl/N-ethyl adjacent to an activating group) is 1. The van der Waals surface area contributed by atoms with Gasteiger partial charge in [-0.2, -0.15) is 0 Å². The minimum absolute atomic E-state index is 0.220. The number of fused-ring (bicyclic) bond motifs is 1. The number of nitrogens with zero attached hydrogens (tertiary/aromatic N) is 2. The maximum atomic E-state index is 13.6. The van der Waals surface area contributed by atoms with Crippen molar-refractivity contribution in [1.29, 1.82) is 0 Å². The lowest BCUT2D eigenvalue weighted by atomic mass is 9.89. The second-order valence-corrected chi connectivity index (χ2v) is 8.94. The Balaban J connectivity index is 1.52. The summed E-state index contributed by atoms with van der Waals surface area (Å²) in [5, 5.41) is 0. The maximum Gasteiger partial charge on any atom is 0.234 e. The van der Waals surface area contributed by atoms with Crippen molar-refractivity contribution in [3.63, 3.8) is 0 Å². The molecule has 2 aromatic rings. The van der Waals surface area contributed by atoms with Gasteiger partial charge in [-0.3, -0.25) is 4.79 Å². The van der Waals surface area contributed by atoms with Crippen LogP contribution in [0.25, 0.3) is 0 Å². The SMILES string of the molecule is CN(C)C1C[C@@H]2CC(N(C)C(=O)C(c3ccccc3)c3ccccc3)C[C@@H]2C1. The number of benzene rings is 2. The van der Waals surface area contributed by atoms with E-state index in [1.54, 1.807) is 0 Å². The molecule has 0 bridgehead atoms. The first kappa shape index (κ1) is 19.2. The van der Waals surface area contributed by atoms with Crippen LogP contribution in [0.15, 0.2) is 60.7 Å². The van der Waals surface area contributed by atoms with Crippen LogP contribution in [0.1, 0.15) is 42.7 Å². The Labute approximate surface area is 169 Å². The van der Waals surface area contributed by atoms with E-state index in [2.05, 4.69) is 48.2 Å². The first-order chi connectivity index (χ1) is 13.5. The van der Waals surface area contributed by atoms with E-state index in [1.807, 2.05) is 43.4 Å². The molecule has 2 saturated carbocycles. The van der Waals surface area contributed by atoms with Gasteiger partial charge in [-0.25, -0.2) is 0 Å². The average Bonchev–Trinajstić information content (AvgIpc) is 3.29. The topological polar surface area (TPSA) is 23.6 Å². The zero-order chi connectivity index (χ0) is 19.7. The smallest absolute Gasteiger partial charge is 0.234 e. The van der Waals surface area contributed by atoms with Gasteiger partial charge in [0.25, 0.3) is 0 Å². The summed E-state index contributed by atoms with van der Waals surface area (Å²) < 4.78 is 0. The van der Waals surface area contributed by atoms with Gasteiger partial charge < -0.3 is 9.80 Å². The molecule has 0 aromatic heterocycles. The van der Waals surface area contributed by atoms with E-state index in [4.69, 9.17) is 0 Å². The summed E-state index contributed by atoms with van der Waals surface area (Å²) in [6.45, 7) is 0. The van der Waals surface area contributed by atoms with E-state index in [0.717, 1.165) is 41.8 Å². The van der Waals surface area contributed by atoms with Gasteiger partial charge in [0.15, 0.2) is 0 Å². The molecular formula is C25H32N2O. The Kier molecular flexibility index (Phi) is 5.54. The van der Waals surface area contributed by atoms with Crippen molar-refractivity contribution in [2.75, 3.05) is 21.1 Å². The first-order valence-electron chi connectivity index (χ1n) is 10.6. The molecule has 1 amide bonds. The van der Waals surface area contributed by atoms with Gasteiger partial charge in [0.2, 0.25) is 5.91 Å². The predicted molar refractivity (Wildman–Crippen MR) is 114 cm³/mol. The summed E-state index contributed by atoms with van der Waals surface area (Å²) in [7, 11) is 6.42. The number of hydrogen-bond acceptors (Lipinski definition) is 2. The summed E-state index contributed by atoms with van der Waals surface area (Å²) in [6, 6.07) is 21.5. The number of carbonyl (C=O) groups excluding carboxylic acids is 1. The molecule has 2 aliphatic rings. The lowest BCUT2D eigenvalue weighted by Gasteiger charge is -2.30. The molecule has 0 heterocycles. The Morgan fingerprint density at radius 1 is 0.750 bits per heavy atom. The van der Waals surface area contributed by atoms with Crippen LogP contribution in [0.5, 0.6) is 0 Å². The van der Waals surface area contributed by atoms with E-state index in [0.29, 0.717) is 6.04 Å². The normalized spacial score (nSPS) is 26.6. The second kappa shape index (κ2) is 8.08. The van der Waals surface area contributed by atoms with Crippen LogP contribution >= 0.6 is 0 Å². The number of amides is 1. The third-order valence-electron chi connectivity index (χ3n) is 7.10. The van der Waals surface area contributed by atoms with Crippen molar-refractivity contribution in [2.24, 2.45) is 11.8 Å². The molecule has 2 aromatic carbocycles. The Hall–Kier alpha value is -2.13. The molecule has 0 aliphatic heterocycles. The van der Waals surface area contributed by atoms with Gasteiger partial charge in [-0.05, 0) is 62.7 Å². The van der Waals surface area contributed by atoms with Crippen molar-refractivity contribution in [2.45, 2.75) is 43.7 Å². The molecule has 28 heavy (non-hydrogen) atoms. The molecule has 148 valence electrons. The molecule has 0 radical (unpaired) electrons. The molecule has 0 spiro atoms. The summed E-state index contributed by atoms with van der Waals surface area (Å²) in [5.41, 5.74) is 2.16. The van der Waals surface area contributed by atoms with E-state index in [9.17, 15) is 4.79 Å². The predicted octanol–water partition coefficient (Wildman–Crippen LogP) is 4.40. The van der Waals surface area contributed by atoms with Gasteiger partial charge in [0.05, 0.1) is 5.92 Å². The molecule has 2 unspecified atom stereocenters. The minimum atomic E-state index is -0.220. The zero-order valence-corrected chi connectivity index (χ0v) is 17.3. The number of hydrogen-bond donors (Lipinski definition) is 0. The molecular weight excluding hydrogens is 344 g/mol. The second-order valence-electron chi connectivity index (χ2n) is 8.94. The average molecular weight is 377 g/mol. The lowest BCUT2D eigenvalue weighted by molar-refractivity contribution is -0.132. The van der Waals surface area contributed by atoms with Crippen LogP contribution in [0.3, 0.4) is 0 Å². The first-order valence-corrected chi connectivity index (χ1v) is 10.6. The van der Waals surface area contributed by atoms with Crippen LogP contribution in [-0.4, -0.2) is 48.9 Å². The van der Waals surface area contributed by atoms with Gasteiger partial charge in [-0.15, -0.1) is 0 Å². The highest BCUT2D eigenvalue weighted by molar-refractivity contribution is 5.87. The largest absolute Gasteiger partial charge is 0.342 e. The zero-order valence-electron chi connectivity index (χ0n) is 17.3. The van der Waals surface area contributed by atoms with E-state index < -0.39 is 0 Å². The van der Waals surface area contributed by atoms with Crippen LogP contribution in [0.2, 0.25) is 0 Å². The molecule has 3 heteroatoms. The Morgan fingerprint density at radius 3 is 1.61 bits per heavy atom. The highest BCUT2D eigenvalue weighted by Gasteiger charge is 2.44. The van der Waals surface area contributed by atoms with Gasteiger partial charge in [0, 0.05) is 19.1 Å². The van der Waals surface area contributed by atoms with Crippen LogP contribution < -0.4 is 0 Å². The fourth-order valence-electron chi connectivity index (χ4n) is 5.44. The molecule has 3 nitrogen and oxygen atoms in total. The molecule has 0 saturated heterocycles. The van der Waals surface area contributed by atoms with Crippen LogP contribution in [-0.2, 0) is 4.79 Å². The van der Waals surface area contributed by atoms with E-state index >= 15 is 0 Å². The fourth-order valence-corrected chi connectivity index (χ4v) is 5.44. The van der Waals surface area contributed by atoms with Crippen molar-refractivity contribution < 1.29 is 4.79 Å². The van der Waals surface area contributed by atoms with Crippen molar-refractivity contribution in [3.05, 3.63) is 71.8 Å². The third kappa shape index (κ3) is 3.73. The molecule has 2 fully saturated rings. The maximum absolute atomic E-state index is 13.6. The van der Waals surface area contributed by atoms with Gasteiger partial charge >= 0.3 is 0 Å².